The number of halogens is 2. The Balaban J connectivity index is 0.000000297. The Kier molecular flexibility index (Phi) is 21.1. The van der Waals surface area contributed by atoms with Crippen LogP contribution < -0.4 is 0 Å². The van der Waals surface area contributed by atoms with Crippen LogP contribution in [0.1, 0.15) is 42.2 Å². The lowest BCUT2D eigenvalue weighted by Gasteiger charge is -2.00. The summed E-state index contributed by atoms with van der Waals surface area (Å²) in [4.78, 5) is 20.9. The van der Waals surface area contributed by atoms with Crippen molar-refractivity contribution in [1.29, 1.82) is 0 Å². The molecule has 4 nitrogen and oxygen atoms in total. The van der Waals surface area contributed by atoms with Crippen LogP contribution in [0.25, 0.3) is 21.5 Å². The quantitative estimate of drug-likeness (QED) is 0.0500. The SMILES string of the molecule is C.C#Cc1ccncc1.C(#Cc1ccc2cc(C#Cc3ccncc3)ccc2c1)c1ccncc1.C=C.CC=C=C=O.Ic1ccc2cc(I)ccc2c1. The maximum atomic E-state index is 9.14. The standard InChI is InChI=1S/C24H14N2.C10H6I2.C7H5N.C4H4O.C2H4.CH4/c1(19-9-13-25-14-10-19)3-21-5-7-24-18-22(6-8-23(24)17-21)4-2-20-11-15-26-16-12-20;11-9-3-1-7-5-10(12)4-2-8(7)6-9;1-2-7-3-5-8-6-4-7;1-2-3-4-5;1-2;/h5-18H;1-6H;1,3-6H;2H,1H3;1-2H2;1H4. The lowest BCUT2D eigenvalue weighted by atomic mass is 10.0. The maximum Gasteiger partial charge on any atom is 0.176 e. The second-order valence-corrected chi connectivity index (χ2v) is 12.8. The number of terminal acetylenes is 1. The highest BCUT2D eigenvalue weighted by atomic mass is 127. The molecule has 0 spiro atoms. The van der Waals surface area contributed by atoms with E-state index in [2.05, 4.69) is 169 Å². The third-order valence-electron chi connectivity index (χ3n) is 6.72. The van der Waals surface area contributed by atoms with Crippen LogP contribution in [0.2, 0.25) is 0 Å². The van der Waals surface area contributed by atoms with Gasteiger partial charge in [0.15, 0.2) is 5.94 Å². The summed E-state index contributed by atoms with van der Waals surface area (Å²) in [6.45, 7) is 7.71. The van der Waals surface area contributed by atoms with Crippen LogP contribution in [0.4, 0.5) is 0 Å². The Morgan fingerprint density at radius 1 is 0.519 bits per heavy atom. The van der Waals surface area contributed by atoms with Gasteiger partial charge in [0, 0.05) is 72.1 Å². The number of hydrogen-bond donors (Lipinski definition) is 0. The Hall–Kier alpha value is -6.04. The van der Waals surface area contributed by atoms with Gasteiger partial charge in [0.2, 0.25) is 0 Å². The molecule has 3 aromatic heterocycles. The van der Waals surface area contributed by atoms with Crippen molar-refractivity contribution in [2.75, 3.05) is 0 Å². The van der Waals surface area contributed by atoms with Crippen molar-refractivity contribution in [1.82, 2.24) is 15.0 Å². The fourth-order valence-electron chi connectivity index (χ4n) is 4.25. The Morgan fingerprint density at radius 2 is 0.852 bits per heavy atom. The van der Waals surface area contributed by atoms with Crippen LogP contribution in [-0.2, 0) is 4.79 Å². The molecule has 0 unspecified atom stereocenters. The number of pyridine rings is 3. The number of allylic oxidation sites excluding steroid dienone is 1. The van der Waals surface area contributed by atoms with E-state index < -0.39 is 0 Å². The van der Waals surface area contributed by atoms with Gasteiger partial charge >= 0.3 is 0 Å². The first-order valence-corrected chi connectivity index (χ1v) is 18.1. The summed E-state index contributed by atoms with van der Waals surface area (Å²) >= 11 is 4.67. The minimum atomic E-state index is 0. The molecule has 0 amide bonds. The van der Waals surface area contributed by atoms with Crippen LogP contribution in [0.15, 0.2) is 171 Å². The molecule has 0 radical (unpaired) electrons. The molecular weight excluding hydrogens is 888 g/mol. The fraction of sp³-hybridized carbons (Fsp3) is 0.0417. The molecule has 0 atom stereocenters. The minimum absolute atomic E-state index is 0. The molecule has 0 bridgehead atoms. The van der Waals surface area contributed by atoms with Gasteiger partial charge in [-0.3, -0.25) is 15.0 Å². The summed E-state index contributed by atoms with van der Waals surface area (Å²) in [5, 5.41) is 4.95. The third-order valence-corrected chi connectivity index (χ3v) is 8.06. The van der Waals surface area contributed by atoms with Gasteiger partial charge in [0.25, 0.3) is 0 Å². The van der Waals surface area contributed by atoms with Gasteiger partial charge < -0.3 is 0 Å². The lowest BCUT2D eigenvalue weighted by molar-refractivity contribution is 0.569. The third kappa shape index (κ3) is 16.1. The second-order valence-electron chi connectivity index (χ2n) is 10.3. The minimum Gasteiger partial charge on any atom is -0.265 e. The lowest BCUT2D eigenvalue weighted by Crippen LogP contribution is -1.81. The number of rotatable bonds is 0. The summed E-state index contributed by atoms with van der Waals surface area (Å²) in [6.07, 6.45) is 16.9. The summed E-state index contributed by atoms with van der Waals surface area (Å²) < 4.78 is 2.59. The smallest absolute Gasteiger partial charge is 0.176 e. The van der Waals surface area contributed by atoms with E-state index in [-0.39, 0.29) is 7.43 Å². The topological polar surface area (TPSA) is 55.7 Å². The number of nitrogens with zero attached hydrogens (tertiary/aromatic N) is 3. The van der Waals surface area contributed by atoms with Crippen molar-refractivity contribution in [3.8, 4) is 36.0 Å². The predicted molar refractivity (Wildman–Crippen MR) is 243 cm³/mol. The fourth-order valence-corrected chi connectivity index (χ4v) is 5.29. The molecule has 7 rings (SSSR count). The molecule has 0 aliphatic carbocycles. The van der Waals surface area contributed by atoms with Gasteiger partial charge in [-0.2, -0.15) is 0 Å². The molecule has 0 fully saturated rings. The van der Waals surface area contributed by atoms with E-state index in [0.717, 1.165) is 38.6 Å². The number of carbonyl (C=O) groups excluding carboxylic acids is 1. The normalized spacial score (nSPS) is 8.63. The van der Waals surface area contributed by atoms with Crippen LogP contribution in [-0.4, -0.2) is 20.9 Å². The van der Waals surface area contributed by atoms with Crippen molar-refractivity contribution >= 4 is 72.7 Å². The van der Waals surface area contributed by atoms with E-state index >= 15 is 0 Å². The highest BCUT2D eigenvalue weighted by Gasteiger charge is 1.97. The summed E-state index contributed by atoms with van der Waals surface area (Å²) in [5.74, 6) is 16.7. The first-order valence-electron chi connectivity index (χ1n) is 16.0. The molecule has 3 heterocycles. The van der Waals surface area contributed by atoms with Crippen LogP contribution in [0.3, 0.4) is 0 Å². The molecule has 4 aromatic carbocycles. The highest BCUT2D eigenvalue weighted by molar-refractivity contribution is 14.1. The zero-order valence-electron chi connectivity index (χ0n) is 28.9. The van der Waals surface area contributed by atoms with E-state index in [4.69, 9.17) is 11.2 Å². The highest BCUT2D eigenvalue weighted by Crippen LogP contribution is 2.20. The first-order chi connectivity index (χ1) is 26.0. The number of fused-ring (bicyclic) bond motifs is 2. The van der Waals surface area contributed by atoms with Gasteiger partial charge in [0.05, 0.1) is 0 Å². The number of aromatic nitrogens is 3. The average Bonchev–Trinajstić information content (AvgIpc) is 3.22. The summed E-state index contributed by atoms with van der Waals surface area (Å²) in [7, 11) is 0. The van der Waals surface area contributed by atoms with Gasteiger partial charge in [0.1, 0.15) is 0 Å². The predicted octanol–water partition coefficient (Wildman–Crippen LogP) is 11.5. The van der Waals surface area contributed by atoms with Crippen LogP contribution >= 0.6 is 45.2 Å². The monoisotopic (exact) mass is 925 g/mol. The van der Waals surface area contributed by atoms with Crippen molar-refractivity contribution in [3.05, 3.63) is 206 Å². The molecule has 7 aromatic rings. The molecule has 264 valence electrons. The molecule has 0 saturated carbocycles. The van der Waals surface area contributed by atoms with E-state index in [1.54, 1.807) is 56.2 Å². The van der Waals surface area contributed by atoms with Crippen molar-refractivity contribution in [2.24, 2.45) is 0 Å². The Morgan fingerprint density at radius 3 is 1.17 bits per heavy atom. The molecule has 0 aliphatic heterocycles. The van der Waals surface area contributed by atoms with E-state index in [1.165, 1.54) is 29.9 Å². The number of hydrogen-bond acceptors (Lipinski definition) is 4. The van der Waals surface area contributed by atoms with Gasteiger partial charge in [-0.05, 0) is 170 Å². The molecule has 54 heavy (non-hydrogen) atoms. The Bertz CT molecular complexity index is 2340. The molecule has 0 aliphatic rings. The van der Waals surface area contributed by atoms with Gasteiger partial charge in [-0.1, -0.05) is 61.3 Å². The van der Waals surface area contributed by atoms with E-state index in [9.17, 15) is 0 Å². The van der Waals surface area contributed by atoms with E-state index in [1.807, 2.05) is 36.4 Å². The first kappa shape index (κ1) is 44.1. The zero-order valence-corrected chi connectivity index (χ0v) is 33.2. The van der Waals surface area contributed by atoms with Crippen LogP contribution in [0, 0.1) is 43.2 Å². The van der Waals surface area contributed by atoms with Gasteiger partial charge in [-0.15, -0.1) is 19.6 Å². The van der Waals surface area contributed by atoms with Gasteiger partial charge in [-0.25, -0.2) is 4.79 Å². The van der Waals surface area contributed by atoms with Crippen molar-refractivity contribution < 1.29 is 4.79 Å². The van der Waals surface area contributed by atoms with Crippen LogP contribution in [0.5, 0.6) is 0 Å². The molecule has 0 N–H and O–H groups in total. The summed E-state index contributed by atoms with van der Waals surface area (Å²) in [5.41, 5.74) is 6.96. The zero-order chi connectivity index (χ0) is 38.1. The molecule has 6 heteroatoms. The maximum absolute atomic E-state index is 9.14. The average molecular weight is 926 g/mol. The largest absolute Gasteiger partial charge is 0.265 e. The Labute approximate surface area is 346 Å². The van der Waals surface area contributed by atoms with E-state index in [0.29, 0.717) is 0 Å². The summed E-state index contributed by atoms with van der Waals surface area (Å²) in [6, 6.07) is 36.7. The molecule has 0 saturated heterocycles. The second kappa shape index (κ2) is 25.8. The molecular formula is C48H37I2N3O. The number of benzene rings is 4. The van der Waals surface area contributed by atoms with Crippen molar-refractivity contribution in [2.45, 2.75) is 14.4 Å². The van der Waals surface area contributed by atoms with Crippen molar-refractivity contribution in [3.63, 3.8) is 0 Å².